The van der Waals surface area contributed by atoms with Crippen LogP contribution in [-0.4, -0.2) is 25.0 Å². The monoisotopic (exact) mass is 531 g/mol. The number of carbonyl (C=O) groups excluding carboxylic acids is 2. The maximum absolute atomic E-state index is 15.1. The second kappa shape index (κ2) is 11.2. The molecule has 2 atom stereocenters. The van der Waals surface area contributed by atoms with E-state index < -0.39 is 17.7 Å². The number of dihydropyridines is 1. The zero-order valence-corrected chi connectivity index (χ0v) is 21.6. The number of halogens is 2. The van der Waals surface area contributed by atoms with Crippen LogP contribution in [0.1, 0.15) is 42.7 Å². The van der Waals surface area contributed by atoms with Gasteiger partial charge in [0.1, 0.15) is 24.8 Å². The van der Waals surface area contributed by atoms with Crippen molar-refractivity contribution in [3.63, 3.8) is 0 Å². The van der Waals surface area contributed by atoms with Crippen LogP contribution in [0.4, 0.5) is 4.39 Å². The van der Waals surface area contributed by atoms with E-state index >= 15 is 4.39 Å². The molecule has 0 aromatic heterocycles. The van der Waals surface area contributed by atoms with Gasteiger partial charge in [-0.15, -0.1) is 0 Å². The molecule has 194 valence electrons. The maximum atomic E-state index is 15.1. The maximum Gasteiger partial charge on any atom is 0.336 e. The van der Waals surface area contributed by atoms with Crippen molar-refractivity contribution in [1.82, 2.24) is 5.32 Å². The Hall–Kier alpha value is -3.90. The second-order valence-electron chi connectivity index (χ2n) is 9.39. The van der Waals surface area contributed by atoms with Crippen LogP contribution in [0.5, 0.6) is 5.75 Å². The van der Waals surface area contributed by atoms with Gasteiger partial charge in [-0.3, -0.25) is 4.79 Å². The van der Waals surface area contributed by atoms with Gasteiger partial charge in [0.15, 0.2) is 5.78 Å². The molecule has 3 aromatic carbocycles. The Labute approximate surface area is 225 Å². The highest BCUT2D eigenvalue weighted by atomic mass is 35.5. The average molecular weight is 532 g/mol. The van der Waals surface area contributed by atoms with Gasteiger partial charge in [-0.05, 0) is 55.2 Å². The fourth-order valence-electron chi connectivity index (χ4n) is 5.19. The minimum absolute atomic E-state index is 0.00694. The number of hydrogen-bond donors (Lipinski definition) is 1. The quantitative estimate of drug-likeness (QED) is 0.280. The summed E-state index contributed by atoms with van der Waals surface area (Å²) in [5.74, 6) is -1.47. The van der Waals surface area contributed by atoms with Gasteiger partial charge < -0.3 is 14.8 Å². The second-order valence-corrected chi connectivity index (χ2v) is 9.82. The van der Waals surface area contributed by atoms with E-state index in [2.05, 4.69) is 5.32 Å². The molecule has 1 N–H and O–H groups in total. The first-order valence-corrected chi connectivity index (χ1v) is 12.9. The van der Waals surface area contributed by atoms with E-state index in [1.807, 2.05) is 54.6 Å². The smallest absolute Gasteiger partial charge is 0.336 e. The third kappa shape index (κ3) is 5.36. The minimum atomic E-state index is -0.867. The summed E-state index contributed by atoms with van der Waals surface area (Å²) in [4.78, 5) is 27.0. The zero-order valence-electron chi connectivity index (χ0n) is 20.9. The number of ether oxygens (including phenoxy) is 2. The fourth-order valence-corrected chi connectivity index (χ4v) is 5.31. The van der Waals surface area contributed by atoms with Crippen LogP contribution in [0.25, 0.3) is 0 Å². The zero-order chi connectivity index (χ0) is 26.6. The number of ketones is 1. The molecule has 5 nitrogen and oxygen atoms in total. The lowest BCUT2D eigenvalue weighted by molar-refractivity contribution is -0.140. The van der Waals surface area contributed by atoms with Gasteiger partial charge in [0.25, 0.3) is 0 Å². The van der Waals surface area contributed by atoms with Crippen LogP contribution in [0.15, 0.2) is 101 Å². The van der Waals surface area contributed by atoms with Crippen molar-refractivity contribution in [1.29, 1.82) is 0 Å². The van der Waals surface area contributed by atoms with Gasteiger partial charge in [-0.1, -0.05) is 60.1 Å². The topological polar surface area (TPSA) is 64.6 Å². The lowest BCUT2D eigenvalue weighted by Crippen LogP contribution is -2.36. The number of esters is 1. The minimum Gasteiger partial charge on any atom is -0.490 e. The molecule has 0 saturated heterocycles. The number of carbonyl (C=O) groups is 2. The van der Waals surface area contributed by atoms with Crippen LogP contribution in [0.3, 0.4) is 0 Å². The largest absolute Gasteiger partial charge is 0.490 e. The van der Waals surface area contributed by atoms with E-state index in [1.165, 1.54) is 6.07 Å². The van der Waals surface area contributed by atoms with E-state index in [0.29, 0.717) is 34.2 Å². The van der Waals surface area contributed by atoms with Crippen molar-refractivity contribution >= 4 is 23.4 Å². The van der Waals surface area contributed by atoms with Crippen molar-refractivity contribution in [2.45, 2.75) is 31.6 Å². The van der Waals surface area contributed by atoms with Gasteiger partial charge in [0.05, 0.1) is 11.5 Å². The van der Waals surface area contributed by atoms with Gasteiger partial charge in [-0.2, -0.15) is 0 Å². The summed E-state index contributed by atoms with van der Waals surface area (Å²) >= 11 is 6.05. The third-order valence-corrected chi connectivity index (χ3v) is 7.19. The number of hydrogen-bond acceptors (Lipinski definition) is 5. The molecule has 2 unspecified atom stereocenters. The Morgan fingerprint density at radius 3 is 2.42 bits per heavy atom. The van der Waals surface area contributed by atoms with Crippen LogP contribution in [0.2, 0.25) is 5.02 Å². The van der Waals surface area contributed by atoms with Crippen LogP contribution < -0.4 is 10.1 Å². The molecule has 0 amide bonds. The number of rotatable bonds is 7. The lowest BCUT2D eigenvalue weighted by atomic mass is 9.71. The van der Waals surface area contributed by atoms with Crippen molar-refractivity contribution in [2.24, 2.45) is 0 Å². The molecule has 0 bridgehead atoms. The van der Waals surface area contributed by atoms with E-state index in [4.69, 9.17) is 21.1 Å². The van der Waals surface area contributed by atoms with Crippen LogP contribution in [-0.2, 0) is 14.3 Å². The number of nitrogens with one attached hydrogen (secondary N) is 1. The summed E-state index contributed by atoms with van der Waals surface area (Å²) in [6.07, 6.45) is 0.803. The predicted octanol–water partition coefficient (Wildman–Crippen LogP) is 6.46. The van der Waals surface area contributed by atoms with Crippen molar-refractivity contribution < 1.29 is 23.5 Å². The standard InChI is InChI=1S/C31H27ClFNO4/c1-19-28(31(36)38-16-15-37-23-7-3-2-4-8-23)29(24-9-5-6-10-25(24)33)30-26(34-19)17-21(18-27(30)35)20-11-13-22(32)14-12-20/h2-14,21,29,34H,15-18H2,1H3. The first kappa shape index (κ1) is 25.7. The molecule has 2 aliphatic rings. The Bertz CT molecular complexity index is 1420. The Morgan fingerprint density at radius 1 is 0.974 bits per heavy atom. The van der Waals surface area contributed by atoms with E-state index in [0.717, 1.165) is 5.56 Å². The van der Waals surface area contributed by atoms with Crippen LogP contribution >= 0.6 is 11.6 Å². The third-order valence-electron chi connectivity index (χ3n) is 6.93. The number of allylic oxidation sites excluding steroid dienone is 3. The molecule has 1 aliphatic carbocycles. The summed E-state index contributed by atoms with van der Waals surface area (Å²) in [7, 11) is 0. The molecule has 5 rings (SSSR count). The van der Waals surface area contributed by atoms with Gasteiger partial charge in [-0.25, -0.2) is 9.18 Å². The lowest BCUT2D eigenvalue weighted by Gasteiger charge is -2.36. The molecule has 1 aliphatic heterocycles. The molecule has 0 spiro atoms. The van der Waals surface area contributed by atoms with Gasteiger partial charge in [0, 0.05) is 34.0 Å². The molecular formula is C31H27ClFNO4. The Morgan fingerprint density at radius 2 is 1.68 bits per heavy atom. The number of Topliss-reactive ketones (excluding diaryl/α,β-unsaturated/α-hetero) is 1. The molecular weight excluding hydrogens is 505 g/mol. The summed E-state index contributed by atoms with van der Waals surface area (Å²) in [5.41, 5.74) is 3.16. The van der Waals surface area contributed by atoms with E-state index in [-0.39, 0.29) is 42.5 Å². The summed E-state index contributed by atoms with van der Waals surface area (Å²) < 4.78 is 26.3. The summed E-state index contributed by atoms with van der Waals surface area (Å²) in [5, 5.41) is 3.91. The molecule has 1 heterocycles. The van der Waals surface area contributed by atoms with Gasteiger partial charge in [0.2, 0.25) is 0 Å². The summed E-state index contributed by atoms with van der Waals surface area (Å²) in [6.45, 7) is 1.92. The summed E-state index contributed by atoms with van der Waals surface area (Å²) in [6, 6.07) is 22.9. The number of para-hydroxylation sites is 1. The predicted molar refractivity (Wildman–Crippen MR) is 143 cm³/mol. The normalized spacial score (nSPS) is 19.1. The Balaban J connectivity index is 1.42. The number of benzene rings is 3. The van der Waals surface area contributed by atoms with Crippen molar-refractivity contribution in [3.05, 3.63) is 123 Å². The molecule has 3 aromatic rings. The molecule has 0 radical (unpaired) electrons. The highest BCUT2D eigenvalue weighted by molar-refractivity contribution is 6.30. The highest BCUT2D eigenvalue weighted by Crippen LogP contribution is 2.46. The molecule has 38 heavy (non-hydrogen) atoms. The first-order chi connectivity index (χ1) is 18.4. The average Bonchev–Trinajstić information content (AvgIpc) is 2.91. The first-order valence-electron chi connectivity index (χ1n) is 12.5. The SMILES string of the molecule is CC1=C(C(=O)OCCOc2ccccc2)C(c2ccccc2F)C2=C(CC(c3ccc(Cl)cc3)CC2=O)N1. The fraction of sp³-hybridized carbons (Fsp3) is 0.226. The van der Waals surface area contributed by atoms with Crippen LogP contribution in [0, 0.1) is 5.82 Å². The molecule has 0 saturated carbocycles. The van der Waals surface area contributed by atoms with E-state index in [1.54, 1.807) is 25.1 Å². The molecule has 0 fully saturated rings. The Kier molecular flexibility index (Phi) is 7.61. The van der Waals surface area contributed by atoms with Crippen molar-refractivity contribution in [3.8, 4) is 5.75 Å². The van der Waals surface area contributed by atoms with Gasteiger partial charge >= 0.3 is 5.97 Å². The highest BCUT2D eigenvalue weighted by Gasteiger charge is 2.42. The molecule has 7 heteroatoms. The van der Waals surface area contributed by atoms with Crippen molar-refractivity contribution in [2.75, 3.05) is 13.2 Å². The van der Waals surface area contributed by atoms with E-state index in [9.17, 15) is 9.59 Å².